The Labute approximate surface area is 155 Å². The van der Waals surface area contributed by atoms with Crippen LogP contribution in [0.25, 0.3) is 0 Å². The van der Waals surface area contributed by atoms with Crippen molar-refractivity contribution in [2.45, 2.75) is 59.2 Å². The second-order valence-corrected chi connectivity index (χ2v) is 6.87. The van der Waals surface area contributed by atoms with Crippen LogP contribution >= 0.6 is 0 Å². The third kappa shape index (κ3) is 4.75. The summed E-state index contributed by atoms with van der Waals surface area (Å²) < 4.78 is 16.5. The first kappa shape index (κ1) is 20.2. The molecule has 1 aromatic carbocycles. The van der Waals surface area contributed by atoms with E-state index in [4.69, 9.17) is 14.2 Å². The molecule has 1 fully saturated rings. The molecule has 0 heterocycles. The Morgan fingerprint density at radius 3 is 2.46 bits per heavy atom. The molecule has 2 rings (SSSR count). The smallest absolute Gasteiger partial charge is 0.341 e. The van der Waals surface area contributed by atoms with Crippen LogP contribution in [0.4, 0.5) is 5.69 Å². The first-order chi connectivity index (χ1) is 12.3. The van der Waals surface area contributed by atoms with Crippen molar-refractivity contribution in [2.24, 2.45) is 5.92 Å². The summed E-state index contributed by atoms with van der Waals surface area (Å²) in [6.45, 7) is 9.95. The minimum Gasteiger partial charge on any atom is -0.490 e. The molecule has 1 aliphatic carbocycles. The van der Waals surface area contributed by atoms with Crippen LogP contribution in [0.5, 0.6) is 5.75 Å². The van der Waals surface area contributed by atoms with E-state index < -0.39 is 11.6 Å². The molecule has 0 aliphatic heterocycles. The minimum atomic E-state index is -0.855. The molecule has 1 atom stereocenters. The van der Waals surface area contributed by atoms with Crippen molar-refractivity contribution in [3.05, 3.63) is 23.8 Å². The standard InChI is InChI=1S/C20H29NO5/c1-6-24-18(22)16-12-15(10-11-17(16)26-13(3)4)21-19(23)20(5,25-7-2)14-8-9-14/h10-14H,6-9H2,1-5H3,(H,21,23)/t20-/m1/s1. The van der Waals surface area contributed by atoms with Gasteiger partial charge in [0.05, 0.1) is 12.7 Å². The summed E-state index contributed by atoms with van der Waals surface area (Å²) in [7, 11) is 0. The van der Waals surface area contributed by atoms with Gasteiger partial charge in [-0.2, -0.15) is 0 Å². The number of benzene rings is 1. The normalized spacial score (nSPS) is 16.1. The first-order valence-corrected chi connectivity index (χ1v) is 9.25. The van der Waals surface area contributed by atoms with Crippen molar-refractivity contribution in [3.63, 3.8) is 0 Å². The first-order valence-electron chi connectivity index (χ1n) is 9.25. The molecule has 0 saturated heterocycles. The predicted octanol–water partition coefficient (Wildman–Crippen LogP) is 3.79. The number of amides is 1. The summed E-state index contributed by atoms with van der Waals surface area (Å²) in [6, 6.07) is 4.99. The molecule has 6 heteroatoms. The summed E-state index contributed by atoms with van der Waals surface area (Å²) in [5.41, 5.74) is -0.0463. The van der Waals surface area contributed by atoms with Gasteiger partial charge >= 0.3 is 5.97 Å². The number of rotatable bonds is 9. The van der Waals surface area contributed by atoms with Crippen molar-refractivity contribution in [1.82, 2.24) is 0 Å². The van der Waals surface area contributed by atoms with Crippen molar-refractivity contribution in [1.29, 1.82) is 0 Å². The molecule has 0 radical (unpaired) electrons. The van der Waals surface area contributed by atoms with Gasteiger partial charge in [0.2, 0.25) is 0 Å². The second-order valence-electron chi connectivity index (χ2n) is 6.87. The quantitative estimate of drug-likeness (QED) is 0.676. The Kier molecular flexibility index (Phi) is 6.64. The van der Waals surface area contributed by atoms with E-state index in [2.05, 4.69) is 5.32 Å². The largest absolute Gasteiger partial charge is 0.490 e. The molecule has 26 heavy (non-hydrogen) atoms. The van der Waals surface area contributed by atoms with Gasteiger partial charge in [0.15, 0.2) is 0 Å². The molecule has 1 aliphatic rings. The molecule has 1 amide bonds. The van der Waals surface area contributed by atoms with Crippen LogP contribution in [0.2, 0.25) is 0 Å². The third-order valence-corrected chi connectivity index (χ3v) is 4.35. The number of esters is 1. The van der Waals surface area contributed by atoms with Gasteiger partial charge in [0.25, 0.3) is 5.91 Å². The Morgan fingerprint density at radius 2 is 1.92 bits per heavy atom. The van der Waals surface area contributed by atoms with E-state index in [1.165, 1.54) is 0 Å². The summed E-state index contributed by atoms with van der Waals surface area (Å²) in [6.07, 6.45) is 1.89. The Morgan fingerprint density at radius 1 is 1.23 bits per heavy atom. The molecular formula is C20H29NO5. The SMILES string of the molecule is CCOC(=O)c1cc(NC(=O)[C@](C)(OCC)C2CC2)ccc1OC(C)C. The van der Waals surface area contributed by atoms with E-state index in [1.54, 1.807) is 25.1 Å². The molecule has 144 valence electrons. The van der Waals surface area contributed by atoms with Crippen LogP contribution in [0.1, 0.15) is 57.8 Å². The van der Waals surface area contributed by atoms with Crippen LogP contribution in [-0.4, -0.2) is 36.8 Å². The number of ether oxygens (including phenoxy) is 3. The van der Waals surface area contributed by atoms with Crippen molar-refractivity contribution >= 4 is 17.6 Å². The van der Waals surface area contributed by atoms with Crippen LogP contribution in [0, 0.1) is 5.92 Å². The molecule has 0 aromatic heterocycles. The van der Waals surface area contributed by atoms with Gasteiger partial charge in [-0.3, -0.25) is 4.79 Å². The van der Waals surface area contributed by atoms with Gasteiger partial charge in [-0.15, -0.1) is 0 Å². The highest BCUT2D eigenvalue weighted by molar-refractivity contribution is 6.00. The summed E-state index contributed by atoms with van der Waals surface area (Å²) in [4.78, 5) is 25.1. The van der Waals surface area contributed by atoms with Gasteiger partial charge in [-0.05, 0) is 71.6 Å². The Balaban J connectivity index is 2.24. The van der Waals surface area contributed by atoms with E-state index >= 15 is 0 Å². The lowest BCUT2D eigenvalue weighted by molar-refractivity contribution is -0.141. The number of hydrogen-bond acceptors (Lipinski definition) is 5. The zero-order valence-electron chi connectivity index (χ0n) is 16.3. The van der Waals surface area contributed by atoms with Crippen LogP contribution in [0.3, 0.4) is 0 Å². The Bertz CT molecular complexity index is 654. The zero-order chi connectivity index (χ0) is 19.3. The molecule has 0 spiro atoms. The molecule has 1 saturated carbocycles. The lowest BCUT2D eigenvalue weighted by Crippen LogP contribution is -2.44. The molecule has 1 N–H and O–H groups in total. The van der Waals surface area contributed by atoms with Gasteiger partial charge in [-0.25, -0.2) is 4.79 Å². The number of carbonyl (C=O) groups excluding carboxylic acids is 2. The van der Waals surface area contributed by atoms with Gasteiger partial charge in [0, 0.05) is 12.3 Å². The highest BCUT2D eigenvalue weighted by Crippen LogP contribution is 2.42. The molecular weight excluding hydrogens is 334 g/mol. The van der Waals surface area contributed by atoms with Gasteiger partial charge in [0.1, 0.15) is 16.9 Å². The zero-order valence-corrected chi connectivity index (χ0v) is 16.3. The summed E-state index contributed by atoms with van der Waals surface area (Å²) in [5.74, 6) is -0.00932. The number of nitrogens with one attached hydrogen (secondary N) is 1. The van der Waals surface area contributed by atoms with Crippen molar-refractivity contribution in [3.8, 4) is 5.75 Å². The fourth-order valence-corrected chi connectivity index (χ4v) is 2.89. The Hall–Kier alpha value is -2.08. The highest BCUT2D eigenvalue weighted by Gasteiger charge is 2.48. The monoisotopic (exact) mass is 363 g/mol. The topological polar surface area (TPSA) is 73.9 Å². The lowest BCUT2D eigenvalue weighted by Gasteiger charge is -2.28. The lowest BCUT2D eigenvalue weighted by atomic mass is 9.98. The van der Waals surface area contributed by atoms with E-state index in [1.807, 2.05) is 27.7 Å². The maximum atomic E-state index is 12.8. The van der Waals surface area contributed by atoms with E-state index in [0.29, 0.717) is 23.6 Å². The fraction of sp³-hybridized carbons (Fsp3) is 0.600. The maximum absolute atomic E-state index is 12.8. The average Bonchev–Trinajstić information content (AvgIpc) is 3.41. The summed E-state index contributed by atoms with van der Waals surface area (Å²) >= 11 is 0. The predicted molar refractivity (Wildman–Crippen MR) is 99.5 cm³/mol. The van der Waals surface area contributed by atoms with E-state index in [9.17, 15) is 9.59 Å². The van der Waals surface area contributed by atoms with Crippen molar-refractivity contribution in [2.75, 3.05) is 18.5 Å². The fourth-order valence-electron chi connectivity index (χ4n) is 2.89. The van der Waals surface area contributed by atoms with E-state index in [0.717, 1.165) is 12.8 Å². The number of anilines is 1. The van der Waals surface area contributed by atoms with E-state index in [-0.39, 0.29) is 24.5 Å². The molecule has 0 bridgehead atoms. The number of hydrogen-bond donors (Lipinski definition) is 1. The van der Waals surface area contributed by atoms with Crippen LogP contribution < -0.4 is 10.1 Å². The van der Waals surface area contributed by atoms with Gasteiger partial charge < -0.3 is 19.5 Å². The highest BCUT2D eigenvalue weighted by atomic mass is 16.5. The molecule has 1 aromatic rings. The molecule has 0 unspecified atom stereocenters. The van der Waals surface area contributed by atoms with Crippen molar-refractivity contribution < 1.29 is 23.8 Å². The second kappa shape index (κ2) is 8.54. The average molecular weight is 363 g/mol. The summed E-state index contributed by atoms with van der Waals surface area (Å²) in [5, 5.41) is 2.88. The maximum Gasteiger partial charge on any atom is 0.341 e. The number of carbonyl (C=O) groups is 2. The van der Waals surface area contributed by atoms with Gasteiger partial charge in [-0.1, -0.05) is 0 Å². The third-order valence-electron chi connectivity index (χ3n) is 4.35. The van der Waals surface area contributed by atoms with Crippen LogP contribution in [-0.2, 0) is 14.3 Å². The van der Waals surface area contributed by atoms with Crippen LogP contribution in [0.15, 0.2) is 18.2 Å². The molecule has 6 nitrogen and oxygen atoms in total. The minimum absolute atomic E-state index is 0.0836.